The molecule has 1 fully saturated rings. The number of carbonyl (C=O) groups is 1. The standard InChI is InChI=1S/C20H22Cl2N2O2/c21-17-7-8-19(18(22)11-17)26-14-20(25)23-12-15-3-5-16(6-4-15)13-24-9-1-2-10-24/h3-8,11H,1-2,9-10,12-14H2,(H,23,25)/p+1. The van der Waals surface area contributed by atoms with E-state index in [1.54, 1.807) is 23.1 Å². The van der Waals surface area contributed by atoms with E-state index in [1.807, 2.05) is 0 Å². The van der Waals surface area contributed by atoms with Gasteiger partial charge in [-0.1, -0.05) is 47.5 Å². The van der Waals surface area contributed by atoms with Crippen LogP contribution >= 0.6 is 23.2 Å². The van der Waals surface area contributed by atoms with Crippen molar-refractivity contribution in [2.45, 2.75) is 25.9 Å². The minimum Gasteiger partial charge on any atom is -0.482 e. The molecule has 0 aliphatic carbocycles. The second-order valence-electron chi connectivity index (χ2n) is 6.59. The summed E-state index contributed by atoms with van der Waals surface area (Å²) in [6, 6.07) is 13.4. The first-order valence-corrected chi connectivity index (χ1v) is 9.62. The van der Waals surface area contributed by atoms with E-state index in [-0.39, 0.29) is 12.5 Å². The largest absolute Gasteiger partial charge is 0.482 e. The Hall–Kier alpha value is -1.75. The van der Waals surface area contributed by atoms with Gasteiger partial charge in [0.05, 0.1) is 18.1 Å². The van der Waals surface area contributed by atoms with Gasteiger partial charge in [-0.25, -0.2) is 0 Å². The first kappa shape index (κ1) is 19.0. The van der Waals surface area contributed by atoms with Crippen LogP contribution in [0.5, 0.6) is 5.75 Å². The van der Waals surface area contributed by atoms with Gasteiger partial charge in [0, 0.05) is 30.0 Å². The van der Waals surface area contributed by atoms with Crippen molar-refractivity contribution in [3.8, 4) is 5.75 Å². The van der Waals surface area contributed by atoms with E-state index in [4.69, 9.17) is 27.9 Å². The molecule has 1 aliphatic heterocycles. The van der Waals surface area contributed by atoms with E-state index in [1.165, 1.54) is 31.5 Å². The van der Waals surface area contributed by atoms with Crippen LogP contribution in [-0.2, 0) is 17.9 Å². The van der Waals surface area contributed by atoms with Gasteiger partial charge >= 0.3 is 0 Å². The van der Waals surface area contributed by atoms with Crippen LogP contribution in [0.3, 0.4) is 0 Å². The van der Waals surface area contributed by atoms with E-state index in [2.05, 4.69) is 29.6 Å². The maximum absolute atomic E-state index is 12.0. The fourth-order valence-corrected chi connectivity index (χ4v) is 3.57. The van der Waals surface area contributed by atoms with Gasteiger partial charge < -0.3 is 15.0 Å². The van der Waals surface area contributed by atoms with Gasteiger partial charge in [-0.2, -0.15) is 0 Å². The molecule has 6 heteroatoms. The number of nitrogens with one attached hydrogen (secondary N) is 2. The Balaban J connectivity index is 1.42. The molecule has 3 rings (SSSR count). The van der Waals surface area contributed by atoms with Crippen molar-refractivity contribution < 1.29 is 14.4 Å². The van der Waals surface area contributed by atoms with Crippen molar-refractivity contribution in [2.75, 3.05) is 19.7 Å². The van der Waals surface area contributed by atoms with Crippen LogP contribution in [0.15, 0.2) is 42.5 Å². The number of rotatable bonds is 7. The normalized spacial score (nSPS) is 14.4. The molecule has 4 nitrogen and oxygen atoms in total. The number of carbonyl (C=O) groups excluding carboxylic acids is 1. The Labute approximate surface area is 164 Å². The lowest BCUT2D eigenvalue weighted by Crippen LogP contribution is -3.08. The predicted octanol–water partition coefficient (Wildman–Crippen LogP) is 2.87. The molecule has 1 aliphatic rings. The van der Waals surface area contributed by atoms with Crippen LogP contribution in [0.25, 0.3) is 0 Å². The third-order valence-corrected chi connectivity index (χ3v) is 5.06. The fourth-order valence-electron chi connectivity index (χ4n) is 3.10. The van der Waals surface area contributed by atoms with Gasteiger partial charge in [-0.15, -0.1) is 0 Å². The average molecular weight is 394 g/mol. The van der Waals surface area contributed by atoms with E-state index < -0.39 is 0 Å². The maximum atomic E-state index is 12.0. The molecule has 0 aromatic heterocycles. The second kappa shape index (κ2) is 9.26. The molecule has 0 bridgehead atoms. The Bertz CT molecular complexity index is 744. The summed E-state index contributed by atoms with van der Waals surface area (Å²) in [6.45, 7) is 4.03. The molecule has 2 aromatic carbocycles. The summed E-state index contributed by atoms with van der Waals surface area (Å²) in [6.07, 6.45) is 2.67. The van der Waals surface area contributed by atoms with Crippen molar-refractivity contribution >= 4 is 29.1 Å². The van der Waals surface area contributed by atoms with Gasteiger partial charge in [0.25, 0.3) is 5.91 Å². The zero-order valence-electron chi connectivity index (χ0n) is 14.6. The minimum atomic E-state index is -0.193. The maximum Gasteiger partial charge on any atom is 0.258 e. The van der Waals surface area contributed by atoms with Crippen LogP contribution in [0, 0.1) is 0 Å². The Morgan fingerprint density at radius 2 is 1.73 bits per heavy atom. The number of hydrogen-bond acceptors (Lipinski definition) is 2. The zero-order chi connectivity index (χ0) is 18.4. The van der Waals surface area contributed by atoms with Gasteiger partial charge in [0.2, 0.25) is 0 Å². The highest BCUT2D eigenvalue weighted by Gasteiger charge is 2.15. The van der Waals surface area contributed by atoms with Crippen LogP contribution in [-0.4, -0.2) is 25.6 Å². The number of likely N-dealkylation sites (tertiary alicyclic amines) is 1. The molecule has 0 spiro atoms. The average Bonchev–Trinajstić information content (AvgIpc) is 3.13. The molecular formula is C20H23Cl2N2O2+. The van der Waals surface area contributed by atoms with E-state index in [0.29, 0.717) is 22.3 Å². The van der Waals surface area contributed by atoms with E-state index in [9.17, 15) is 4.79 Å². The van der Waals surface area contributed by atoms with Crippen molar-refractivity contribution in [3.63, 3.8) is 0 Å². The number of amides is 1. The summed E-state index contributed by atoms with van der Waals surface area (Å²) < 4.78 is 5.43. The Morgan fingerprint density at radius 3 is 2.42 bits per heavy atom. The molecule has 0 saturated carbocycles. The van der Waals surface area contributed by atoms with E-state index in [0.717, 1.165) is 12.1 Å². The summed E-state index contributed by atoms with van der Waals surface area (Å²) in [5, 5.41) is 3.77. The third kappa shape index (κ3) is 5.63. The molecule has 0 radical (unpaired) electrons. The van der Waals surface area contributed by atoms with Crippen molar-refractivity contribution in [1.82, 2.24) is 5.32 Å². The highest BCUT2D eigenvalue weighted by molar-refractivity contribution is 6.35. The Kier molecular flexibility index (Phi) is 6.78. The van der Waals surface area contributed by atoms with Crippen LogP contribution in [0.4, 0.5) is 0 Å². The lowest BCUT2D eigenvalue weighted by molar-refractivity contribution is -0.901. The van der Waals surface area contributed by atoms with Crippen LogP contribution in [0.2, 0.25) is 10.0 Å². The van der Waals surface area contributed by atoms with Crippen LogP contribution < -0.4 is 15.0 Å². The first-order chi connectivity index (χ1) is 12.6. The Morgan fingerprint density at radius 1 is 1.04 bits per heavy atom. The third-order valence-electron chi connectivity index (χ3n) is 4.53. The number of benzene rings is 2. The second-order valence-corrected chi connectivity index (χ2v) is 7.43. The summed E-state index contributed by atoms with van der Waals surface area (Å²) in [5.41, 5.74) is 2.42. The predicted molar refractivity (Wildman–Crippen MR) is 104 cm³/mol. The molecule has 0 unspecified atom stereocenters. The molecule has 138 valence electrons. The molecule has 1 amide bonds. The van der Waals surface area contributed by atoms with Crippen molar-refractivity contribution in [3.05, 3.63) is 63.6 Å². The van der Waals surface area contributed by atoms with Crippen molar-refractivity contribution in [2.24, 2.45) is 0 Å². The molecule has 1 saturated heterocycles. The first-order valence-electron chi connectivity index (χ1n) is 8.86. The minimum absolute atomic E-state index is 0.0856. The zero-order valence-corrected chi connectivity index (χ0v) is 16.1. The summed E-state index contributed by atoms with van der Waals surface area (Å²) in [7, 11) is 0. The highest BCUT2D eigenvalue weighted by Crippen LogP contribution is 2.27. The number of halogens is 2. The van der Waals surface area contributed by atoms with E-state index >= 15 is 0 Å². The monoisotopic (exact) mass is 393 g/mol. The molecule has 0 atom stereocenters. The SMILES string of the molecule is O=C(COc1ccc(Cl)cc1Cl)NCc1ccc(C[NH+]2CCCC2)cc1. The lowest BCUT2D eigenvalue weighted by atomic mass is 10.1. The summed E-state index contributed by atoms with van der Waals surface area (Å²) >= 11 is 11.9. The van der Waals surface area contributed by atoms with Gasteiger partial charge in [0.15, 0.2) is 6.61 Å². The molecular weight excluding hydrogens is 371 g/mol. The summed E-state index contributed by atoms with van der Waals surface area (Å²) in [5.74, 6) is 0.251. The number of hydrogen-bond donors (Lipinski definition) is 2. The number of quaternary nitrogens is 1. The van der Waals surface area contributed by atoms with Crippen molar-refractivity contribution in [1.29, 1.82) is 0 Å². The smallest absolute Gasteiger partial charge is 0.258 e. The van der Waals surface area contributed by atoms with Gasteiger partial charge in [0.1, 0.15) is 12.3 Å². The molecule has 26 heavy (non-hydrogen) atoms. The molecule has 1 heterocycles. The topological polar surface area (TPSA) is 42.8 Å². The molecule has 2 aromatic rings. The number of ether oxygens (including phenoxy) is 1. The highest BCUT2D eigenvalue weighted by atomic mass is 35.5. The van der Waals surface area contributed by atoms with Gasteiger partial charge in [-0.3, -0.25) is 4.79 Å². The lowest BCUT2D eigenvalue weighted by Gasteiger charge is -2.12. The summed E-state index contributed by atoms with van der Waals surface area (Å²) in [4.78, 5) is 13.6. The van der Waals surface area contributed by atoms with Crippen LogP contribution in [0.1, 0.15) is 24.0 Å². The fraction of sp³-hybridized carbons (Fsp3) is 0.350. The van der Waals surface area contributed by atoms with Gasteiger partial charge in [-0.05, 0) is 23.8 Å². The molecule has 2 N–H and O–H groups in total. The quantitative estimate of drug-likeness (QED) is 0.759.